The van der Waals surface area contributed by atoms with Gasteiger partial charge in [-0.3, -0.25) is 10.1 Å². The Morgan fingerprint density at radius 3 is 2.34 bits per heavy atom. The summed E-state index contributed by atoms with van der Waals surface area (Å²) in [6, 6.07) is 3.31. The molecule has 0 radical (unpaired) electrons. The van der Waals surface area contributed by atoms with Gasteiger partial charge in [-0.15, -0.1) is 0 Å². The number of carbonyl (C=O) groups is 3. The molecule has 2 amide bonds. The van der Waals surface area contributed by atoms with Crippen LogP contribution in [0.4, 0.5) is 21.2 Å². The van der Waals surface area contributed by atoms with Crippen molar-refractivity contribution in [1.82, 2.24) is 9.88 Å². The van der Waals surface area contributed by atoms with Crippen LogP contribution >= 0.6 is 0 Å². The fraction of sp³-hybridized carbons (Fsp3) is 0.652. The topological polar surface area (TPSA) is 110 Å². The van der Waals surface area contributed by atoms with Crippen molar-refractivity contribution in [3.8, 4) is 0 Å². The molecule has 0 spiro atoms. The largest absolute Gasteiger partial charge is 0.444 e. The minimum Gasteiger partial charge on any atom is -0.444 e. The van der Waals surface area contributed by atoms with Crippen molar-refractivity contribution in [2.45, 2.75) is 85.0 Å². The molecule has 1 aromatic rings. The van der Waals surface area contributed by atoms with Crippen LogP contribution in [0.2, 0.25) is 0 Å². The van der Waals surface area contributed by atoms with Crippen molar-refractivity contribution < 1.29 is 23.9 Å². The summed E-state index contributed by atoms with van der Waals surface area (Å²) in [6.45, 7) is 13.7. The predicted molar refractivity (Wildman–Crippen MR) is 123 cm³/mol. The molecule has 2 rings (SSSR count). The molecule has 1 saturated heterocycles. The minimum atomic E-state index is -0.680. The second-order valence-corrected chi connectivity index (χ2v) is 9.91. The molecule has 0 bridgehead atoms. The van der Waals surface area contributed by atoms with Gasteiger partial charge >= 0.3 is 12.2 Å². The van der Waals surface area contributed by atoms with E-state index in [4.69, 9.17) is 9.47 Å². The highest BCUT2D eigenvalue weighted by atomic mass is 16.6. The lowest BCUT2D eigenvalue weighted by Crippen LogP contribution is -2.47. The first kappa shape index (κ1) is 25.4. The number of Topliss-reactive ketones (excluding diaryl/α,β-unsaturated/α-hetero) is 1. The molecule has 178 valence electrons. The second-order valence-electron chi connectivity index (χ2n) is 9.91. The molecule has 32 heavy (non-hydrogen) atoms. The van der Waals surface area contributed by atoms with Crippen molar-refractivity contribution in [1.29, 1.82) is 0 Å². The van der Waals surface area contributed by atoms with E-state index in [0.29, 0.717) is 24.5 Å². The summed E-state index contributed by atoms with van der Waals surface area (Å²) in [4.78, 5) is 43.1. The Hall–Kier alpha value is -2.84. The monoisotopic (exact) mass is 448 g/mol. The fourth-order valence-corrected chi connectivity index (χ4v) is 3.25. The van der Waals surface area contributed by atoms with Crippen molar-refractivity contribution in [3.63, 3.8) is 0 Å². The highest BCUT2D eigenvalue weighted by molar-refractivity contribution is 6.03. The Labute approximate surface area is 190 Å². The smallest absolute Gasteiger partial charge is 0.413 e. The van der Waals surface area contributed by atoms with Crippen LogP contribution in [-0.2, 0) is 9.47 Å². The van der Waals surface area contributed by atoms with Crippen LogP contribution in [0, 0.1) is 0 Å². The molecule has 9 nitrogen and oxygen atoms in total. The van der Waals surface area contributed by atoms with E-state index >= 15 is 0 Å². The number of piperidine rings is 1. The molecular formula is C23H36N4O5. The van der Waals surface area contributed by atoms with Gasteiger partial charge in [0.2, 0.25) is 0 Å². The highest BCUT2D eigenvalue weighted by Crippen LogP contribution is 2.22. The number of pyridine rings is 1. The molecule has 1 atom stereocenters. The van der Waals surface area contributed by atoms with Crippen LogP contribution in [0.3, 0.4) is 0 Å². The quantitative estimate of drug-likeness (QED) is 0.621. The normalized spacial score (nSPS) is 16.8. The first-order valence-electron chi connectivity index (χ1n) is 11.1. The summed E-state index contributed by atoms with van der Waals surface area (Å²) >= 11 is 0. The van der Waals surface area contributed by atoms with Gasteiger partial charge in [-0.1, -0.05) is 6.92 Å². The average molecular weight is 449 g/mol. The number of nitrogens with zero attached hydrogens (tertiary/aromatic N) is 2. The van der Waals surface area contributed by atoms with Crippen LogP contribution in [-0.4, -0.2) is 58.2 Å². The number of likely N-dealkylation sites (tertiary alicyclic amines) is 1. The van der Waals surface area contributed by atoms with Gasteiger partial charge < -0.3 is 19.7 Å². The zero-order valence-electron chi connectivity index (χ0n) is 20.2. The maximum absolute atomic E-state index is 12.4. The number of ketones is 1. The second kappa shape index (κ2) is 10.2. The van der Waals surface area contributed by atoms with Crippen LogP contribution in [0.5, 0.6) is 0 Å². The minimum absolute atomic E-state index is 0.0362. The van der Waals surface area contributed by atoms with E-state index < -0.39 is 17.3 Å². The number of ether oxygens (including phenoxy) is 2. The number of hydrogen-bond donors (Lipinski definition) is 2. The molecule has 0 aromatic carbocycles. The standard InChI is InChI=1S/C23H36N4O5/c1-8-17(28)16-11-12-18(25-19(16)26-20(29)31-22(2,3)4)24-15-10-9-13-27(14-15)21(30)32-23(5,6)7/h11-12,15H,8-10,13-14H2,1-7H3,(H2,24,25,26,29). The van der Waals surface area contributed by atoms with Crippen LogP contribution < -0.4 is 10.6 Å². The average Bonchev–Trinajstić information content (AvgIpc) is 2.65. The predicted octanol–water partition coefficient (Wildman–Crippen LogP) is 4.83. The number of nitrogens with one attached hydrogen (secondary N) is 2. The van der Waals surface area contributed by atoms with E-state index in [-0.39, 0.29) is 30.2 Å². The molecule has 1 aliphatic heterocycles. The molecule has 0 aliphatic carbocycles. The zero-order valence-corrected chi connectivity index (χ0v) is 20.2. The molecule has 1 aliphatic rings. The first-order chi connectivity index (χ1) is 14.8. The maximum Gasteiger partial charge on any atom is 0.413 e. The van der Waals surface area contributed by atoms with Gasteiger partial charge in [0, 0.05) is 25.6 Å². The molecule has 2 heterocycles. The van der Waals surface area contributed by atoms with E-state index in [1.165, 1.54) is 0 Å². The van der Waals surface area contributed by atoms with Gasteiger partial charge in [0.05, 0.1) is 5.56 Å². The summed E-state index contributed by atoms with van der Waals surface area (Å²) < 4.78 is 10.8. The van der Waals surface area contributed by atoms with Crippen LogP contribution in [0.15, 0.2) is 12.1 Å². The van der Waals surface area contributed by atoms with E-state index in [2.05, 4.69) is 15.6 Å². The number of rotatable bonds is 5. The third-order valence-corrected chi connectivity index (χ3v) is 4.56. The Morgan fingerprint density at radius 1 is 1.09 bits per heavy atom. The summed E-state index contributed by atoms with van der Waals surface area (Å²) in [5.41, 5.74) is -0.909. The lowest BCUT2D eigenvalue weighted by molar-refractivity contribution is 0.0206. The third-order valence-electron chi connectivity index (χ3n) is 4.56. The molecule has 1 fully saturated rings. The Balaban J connectivity index is 2.14. The Bertz CT molecular complexity index is 842. The van der Waals surface area contributed by atoms with E-state index in [0.717, 1.165) is 12.8 Å². The van der Waals surface area contributed by atoms with Crippen molar-refractivity contribution in [2.75, 3.05) is 23.7 Å². The fourth-order valence-electron chi connectivity index (χ4n) is 3.25. The molecule has 1 aromatic heterocycles. The third kappa shape index (κ3) is 8.01. The number of carbonyl (C=O) groups excluding carboxylic acids is 3. The molecule has 1 unspecified atom stereocenters. The van der Waals surface area contributed by atoms with Gasteiger partial charge in [0.1, 0.15) is 22.8 Å². The molecule has 9 heteroatoms. The van der Waals surface area contributed by atoms with Crippen molar-refractivity contribution in [3.05, 3.63) is 17.7 Å². The van der Waals surface area contributed by atoms with E-state index in [9.17, 15) is 14.4 Å². The molecular weight excluding hydrogens is 412 g/mol. The summed E-state index contributed by atoms with van der Waals surface area (Å²) in [6.07, 6.45) is 0.942. The lowest BCUT2D eigenvalue weighted by Gasteiger charge is -2.34. The van der Waals surface area contributed by atoms with Crippen LogP contribution in [0.1, 0.15) is 78.1 Å². The van der Waals surface area contributed by atoms with E-state index in [1.807, 2.05) is 20.8 Å². The van der Waals surface area contributed by atoms with Gasteiger partial charge in [-0.05, 0) is 66.5 Å². The first-order valence-corrected chi connectivity index (χ1v) is 11.1. The summed E-state index contributed by atoms with van der Waals surface area (Å²) in [7, 11) is 0. The van der Waals surface area contributed by atoms with Crippen LogP contribution in [0.25, 0.3) is 0 Å². The maximum atomic E-state index is 12.4. The molecule has 0 saturated carbocycles. The SMILES string of the molecule is CCC(=O)c1ccc(NC2CCCN(C(=O)OC(C)(C)C)C2)nc1NC(=O)OC(C)(C)C. The summed E-state index contributed by atoms with van der Waals surface area (Å²) in [5, 5.41) is 5.91. The number of aromatic nitrogens is 1. The number of hydrogen-bond acceptors (Lipinski definition) is 7. The van der Waals surface area contributed by atoms with Gasteiger partial charge in [0.25, 0.3) is 0 Å². The van der Waals surface area contributed by atoms with Crippen molar-refractivity contribution in [2.24, 2.45) is 0 Å². The Morgan fingerprint density at radius 2 is 1.75 bits per heavy atom. The number of amides is 2. The zero-order chi connectivity index (χ0) is 24.1. The number of anilines is 2. The van der Waals surface area contributed by atoms with Gasteiger partial charge in [0.15, 0.2) is 5.78 Å². The highest BCUT2D eigenvalue weighted by Gasteiger charge is 2.28. The van der Waals surface area contributed by atoms with Crippen molar-refractivity contribution >= 4 is 29.6 Å². The van der Waals surface area contributed by atoms with Gasteiger partial charge in [-0.2, -0.15) is 0 Å². The van der Waals surface area contributed by atoms with Gasteiger partial charge in [-0.25, -0.2) is 14.6 Å². The molecule has 2 N–H and O–H groups in total. The Kier molecular flexibility index (Phi) is 8.09. The summed E-state index contributed by atoms with van der Waals surface area (Å²) in [5.74, 6) is 0.513. The van der Waals surface area contributed by atoms with E-state index in [1.54, 1.807) is 44.7 Å². The lowest BCUT2D eigenvalue weighted by atomic mass is 10.1.